The van der Waals surface area contributed by atoms with Gasteiger partial charge in [-0.1, -0.05) is 38.8 Å². The molecule has 1 aromatic carbocycles. The Hall–Kier alpha value is -1.44. The van der Waals surface area contributed by atoms with Gasteiger partial charge in [0.25, 0.3) is 0 Å². The summed E-state index contributed by atoms with van der Waals surface area (Å²) in [5.74, 6) is 3.00. The number of halogens is 1. The van der Waals surface area contributed by atoms with Crippen molar-refractivity contribution in [1.82, 2.24) is 0 Å². The minimum absolute atomic E-state index is 0.196. The van der Waals surface area contributed by atoms with Crippen molar-refractivity contribution in [2.45, 2.75) is 71.6 Å². The Morgan fingerprint density at radius 1 is 1.04 bits per heavy atom. The summed E-state index contributed by atoms with van der Waals surface area (Å²) in [4.78, 5) is 13.4. The molecule has 0 aromatic heterocycles. The molecule has 0 saturated heterocycles. The smallest absolute Gasteiger partial charge is 0.165 e. The summed E-state index contributed by atoms with van der Waals surface area (Å²) in [6.45, 7) is 4.81. The zero-order valence-electron chi connectivity index (χ0n) is 17.3. The molecule has 0 amide bonds. The van der Waals surface area contributed by atoms with Gasteiger partial charge in [0.1, 0.15) is 5.82 Å². The van der Waals surface area contributed by atoms with Crippen molar-refractivity contribution in [3.05, 3.63) is 41.2 Å². The second-order valence-corrected chi connectivity index (χ2v) is 10.6. The molecule has 4 aliphatic carbocycles. The van der Waals surface area contributed by atoms with Gasteiger partial charge in [0.05, 0.1) is 0 Å². The standard InChI is InChI=1S/C26H33FO/c1-25-12-4-3-7-19(25)9-10-21-22(25)11-13-26(2)23(21)16-18(24(26)28)14-17-6-5-8-20(27)15-17/h5-6,8,14-15,19,21-23H,3-4,7,9-13,16H2,1-2H3/b18-14-. The summed E-state index contributed by atoms with van der Waals surface area (Å²) in [5.41, 5.74) is 2.07. The van der Waals surface area contributed by atoms with E-state index in [1.165, 1.54) is 51.0 Å². The normalized spacial score (nSPS) is 44.1. The zero-order valence-corrected chi connectivity index (χ0v) is 17.3. The predicted octanol–water partition coefficient (Wildman–Crippen LogP) is 6.82. The quantitative estimate of drug-likeness (QED) is 0.488. The average Bonchev–Trinajstić information content (AvgIpc) is 2.92. The molecule has 0 N–H and O–H groups in total. The molecule has 1 nitrogen and oxygen atoms in total. The van der Waals surface area contributed by atoms with Crippen LogP contribution in [0.4, 0.5) is 4.39 Å². The van der Waals surface area contributed by atoms with E-state index in [1.807, 2.05) is 12.1 Å². The molecule has 2 heteroatoms. The third kappa shape index (κ3) is 2.66. The second-order valence-electron chi connectivity index (χ2n) is 10.6. The summed E-state index contributed by atoms with van der Waals surface area (Å²) in [5, 5.41) is 0. The van der Waals surface area contributed by atoms with Gasteiger partial charge in [-0.2, -0.15) is 0 Å². The van der Waals surface area contributed by atoms with Crippen LogP contribution in [0.15, 0.2) is 29.8 Å². The highest BCUT2D eigenvalue weighted by molar-refractivity contribution is 6.05. The average molecular weight is 381 g/mol. The van der Waals surface area contributed by atoms with Crippen molar-refractivity contribution in [2.24, 2.45) is 34.5 Å². The third-order valence-corrected chi connectivity index (χ3v) is 9.41. The molecule has 4 aliphatic rings. The largest absolute Gasteiger partial charge is 0.294 e. The Morgan fingerprint density at radius 2 is 1.89 bits per heavy atom. The van der Waals surface area contributed by atoms with Crippen LogP contribution in [0.3, 0.4) is 0 Å². The van der Waals surface area contributed by atoms with Gasteiger partial charge in [-0.3, -0.25) is 4.79 Å². The number of carbonyl (C=O) groups excluding carboxylic acids is 1. The Kier molecular flexibility index (Phi) is 4.34. The van der Waals surface area contributed by atoms with Crippen molar-refractivity contribution in [3.8, 4) is 0 Å². The van der Waals surface area contributed by atoms with Crippen molar-refractivity contribution >= 4 is 11.9 Å². The van der Waals surface area contributed by atoms with E-state index in [4.69, 9.17) is 0 Å². The van der Waals surface area contributed by atoms with Crippen molar-refractivity contribution in [2.75, 3.05) is 0 Å². The van der Waals surface area contributed by atoms with E-state index in [0.29, 0.717) is 23.0 Å². The summed E-state index contributed by atoms with van der Waals surface area (Å²) in [6, 6.07) is 6.65. The van der Waals surface area contributed by atoms with Crippen LogP contribution in [0.25, 0.3) is 6.08 Å². The van der Waals surface area contributed by atoms with Gasteiger partial charge in [-0.25, -0.2) is 4.39 Å². The lowest BCUT2D eigenvalue weighted by Crippen LogP contribution is -2.52. The van der Waals surface area contributed by atoms with Crippen molar-refractivity contribution in [1.29, 1.82) is 0 Å². The maximum absolute atomic E-state index is 13.6. The first-order chi connectivity index (χ1) is 13.4. The molecule has 0 spiro atoms. The summed E-state index contributed by atoms with van der Waals surface area (Å²) in [7, 11) is 0. The molecule has 0 aliphatic heterocycles. The predicted molar refractivity (Wildman–Crippen MR) is 111 cm³/mol. The molecule has 5 rings (SSSR count). The maximum Gasteiger partial charge on any atom is 0.165 e. The van der Waals surface area contributed by atoms with Crippen LogP contribution in [-0.4, -0.2) is 5.78 Å². The van der Waals surface area contributed by atoms with E-state index in [2.05, 4.69) is 13.8 Å². The van der Waals surface area contributed by atoms with Gasteiger partial charge in [0.15, 0.2) is 5.78 Å². The number of carbonyl (C=O) groups is 1. The van der Waals surface area contributed by atoms with E-state index in [0.717, 1.165) is 35.8 Å². The van der Waals surface area contributed by atoms with Gasteiger partial charge in [0.2, 0.25) is 0 Å². The highest BCUT2D eigenvalue weighted by atomic mass is 19.1. The van der Waals surface area contributed by atoms with Gasteiger partial charge in [-0.05, 0) is 103 Å². The van der Waals surface area contributed by atoms with E-state index in [9.17, 15) is 9.18 Å². The fourth-order valence-electron chi connectivity index (χ4n) is 7.89. The maximum atomic E-state index is 13.6. The number of hydrogen-bond acceptors (Lipinski definition) is 1. The molecule has 6 unspecified atom stereocenters. The van der Waals surface area contributed by atoms with Gasteiger partial charge in [-0.15, -0.1) is 0 Å². The van der Waals surface area contributed by atoms with E-state index < -0.39 is 0 Å². The number of Topliss-reactive ketones (excluding diaryl/α,β-unsaturated/α-hetero) is 1. The first-order valence-electron chi connectivity index (χ1n) is 11.4. The lowest BCUT2D eigenvalue weighted by atomic mass is 9.45. The van der Waals surface area contributed by atoms with Crippen LogP contribution in [0.1, 0.15) is 77.2 Å². The summed E-state index contributed by atoms with van der Waals surface area (Å²) >= 11 is 0. The molecule has 1 aromatic rings. The van der Waals surface area contributed by atoms with E-state index in [-0.39, 0.29) is 11.2 Å². The molecule has 4 saturated carbocycles. The number of allylic oxidation sites excluding steroid dienone is 1. The zero-order chi connectivity index (χ0) is 19.5. The molecule has 0 heterocycles. The molecule has 28 heavy (non-hydrogen) atoms. The Labute approximate surface area is 168 Å². The van der Waals surface area contributed by atoms with Crippen LogP contribution >= 0.6 is 0 Å². The molecule has 150 valence electrons. The highest BCUT2D eigenvalue weighted by Gasteiger charge is 2.60. The third-order valence-electron chi connectivity index (χ3n) is 9.41. The SMILES string of the molecule is CC12CCC3C(CCC4CCCCC43C)C1C/C(=C/c1cccc(F)c1)C2=O. The molecular formula is C26H33FO. The first kappa shape index (κ1) is 18.6. The fraction of sp³-hybridized carbons (Fsp3) is 0.654. The lowest BCUT2D eigenvalue weighted by molar-refractivity contribution is -0.137. The minimum atomic E-state index is -0.230. The topological polar surface area (TPSA) is 17.1 Å². The van der Waals surface area contributed by atoms with Crippen LogP contribution in [0, 0.1) is 40.3 Å². The van der Waals surface area contributed by atoms with Crippen LogP contribution in [0.2, 0.25) is 0 Å². The van der Waals surface area contributed by atoms with Crippen molar-refractivity contribution in [3.63, 3.8) is 0 Å². The molecular weight excluding hydrogens is 347 g/mol. The lowest BCUT2D eigenvalue weighted by Gasteiger charge is -2.59. The summed E-state index contributed by atoms with van der Waals surface area (Å²) < 4.78 is 13.6. The van der Waals surface area contributed by atoms with Crippen LogP contribution in [-0.2, 0) is 4.79 Å². The summed E-state index contributed by atoms with van der Waals surface area (Å²) in [6.07, 6.45) is 13.4. The molecule has 0 radical (unpaired) electrons. The molecule has 4 fully saturated rings. The van der Waals surface area contributed by atoms with E-state index >= 15 is 0 Å². The van der Waals surface area contributed by atoms with Gasteiger partial charge in [0, 0.05) is 5.41 Å². The van der Waals surface area contributed by atoms with Gasteiger partial charge >= 0.3 is 0 Å². The number of ketones is 1. The Balaban J connectivity index is 1.46. The van der Waals surface area contributed by atoms with Crippen molar-refractivity contribution < 1.29 is 9.18 Å². The molecule has 6 atom stereocenters. The van der Waals surface area contributed by atoms with E-state index in [1.54, 1.807) is 12.1 Å². The fourth-order valence-corrected chi connectivity index (χ4v) is 7.89. The number of fused-ring (bicyclic) bond motifs is 5. The molecule has 0 bridgehead atoms. The Bertz CT molecular complexity index is 825. The Morgan fingerprint density at radius 3 is 2.71 bits per heavy atom. The number of benzene rings is 1. The van der Waals surface area contributed by atoms with Crippen LogP contribution in [0.5, 0.6) is 0 Å². The second kappa shape index (κ2) is 6.54. The first-order valence-corrected chi connectivity index (χ1v) is 11.4. The van der Waals surface area contributed by atoms with Gasteiger partial charge < -0.3 is 0 Å². The van der Waals surface area contributed by atoms with Crippen LogP contribution < -0.4 is 0 Å². The number of rotatable bonds is 1. The monoisotopic (exact) mass is 380 g/mol. The number of hydrogen-bond donors (Lipinski definition) is 0. The minimum Gasteiger partial charge on any atom is -0.294 e. The highest BCUT2D eigenvalue weighted by Crippen LogP contribution is 2.66.